The SMILES string of the molecule is CN(Cc1ccccc1F)C(=O)c1cc(F)c(F)cc1N. The van der Waals surface area contributed by atoms with Crippen molar-refractivity contribution in [1.82, 2.24) is 4.90 Å². The summed E-state index contributed by atoms with van der Waals surface area (Å²) in [5.74, 6) is -3.35. The van der Waals surface area contributed by atoms with Crippen molar-refractivity contribution in [2.75, 3.05) is 12.8 Å². The van der Waals surface area contributed by atoms with E-state index in [0.717, 1.165) is 12.1 Å². The van der Waals surface area contributed by atoms with E-state index >= 15 is 0 Å². The highest BCUT2D eigenvalue weighted by molar-refractivity contribution is 5.99. The van der Waals surface area contributed by atoms with Crippen LogP contribution in [0.1, 0.15) is 15.9 Å². The maximum absolute atomic E-state index is 13.5. The third kappa shape index (κ3) is 3.16. The van der Waals surface area contributed by atoms with Gasteiger partial charge in [0.1, 0.15) is 5.82 Å². The fraction of sp³-hybridized carbons (Fsp3) is 0.133. The van der Waals surface area contributed by atoms with Crippen LogP contribution in [0.25, 0.3) is 0 Å². The summed E-state index contributed by atoms with van der Waals surface area (Å²) in [5.41, 5.74) is 5.51. The highest BCUT2D eigenvalue weighted by Crippen LogP contribution is 2.19. The van der Waals surface area contributed by atoms with Crippen molar-refractivity contribution >= 4 is 11.6 Å². The number of hydrogen-bond acceptors (Lipinski definition) is 2. The van der Waals surface area contributed by atoms with Crippen LogP contribution in [-0.2, 0) is 6.54 Å². The van der Waals surface area contributed by atoms with E-state index < -0.39 is 23.4 Å². The van der Waals surface area contributed by atoms with Crippen molar-refractivity contribution < 1.29 is 18.0 Å². The van der Waals surface area contributed by atoms with Crippen molar-refractivity contribution in [3.8, 4) is 0 Å². The quantitative estimate of drug-likeness (QED) is 0.885. The Bertz CT molecular complexity index is 689. The van der Waals surface area contributed by atoms with Gasteiger partial charge in [-0.3, -0.25) is 4.79 Å². The highest BCUT2D eigenvalue weighted by atomic mass is 19.2. The van der Waals surface area contributed by atoms with Crippen LogP contribution in [0.5, 0.6) is 0 Å². The van der Waals surface area contributed by atoms with E-state index in [1.165, 1.54) is 30.1 Å². The molecule has 1 amide bonds. The van der Waals surface area contributed by atoms with Crippen LogP contribution in [-0.4, -0.2) is 17.9 Å². The van der Waals surface area contributed by atoms with Gasteiger partial charge in [-0.15, -0.1) is 0 Å². The number of benzene rings is 2. The number of carbonyl (C=O) groups excluding carboxylic acids is 1. The van der Waals surface area contributed by atoms with Crippen molar-refractivity contribution in [3.63, 3.8) is 0 Å². The summed E-state index contributed by atoms with van der Waals surface area (Å²) in [7, 11) is 1.43. The van der Waals surface area contributed by atoms with E-state index in [4.69, 9.17) is 5.73 Å². The van der Waals surface area contributed by atoms with E-state index in [2.05, 4.69) is 0 Å². The molecule has 0 heterocycles. The van der Waals surface area contributed by atoms with Gasteiger partial charge >= 0.3 is 0 Å². The standard InChI is InChI=1S/C15H13F3N2O/c1-20(8-9-4-2-3-5-11(9)16)15(21)10-6-12(17)13(18)7-14(10)19/h2-7H,8,19H2,1H3. The minimum Gasteiger partial charge on any atom is -0.398 e. The van der Waals surface area contributed by atoms with Crippen LogP contribution in [0.3, 0.4) is 0 Å². The van der Waals surface area contributed by atoms with Crippen molar-refractivity contribution in [2.45, 2.75) is 6.54 Å². The van der Waals surface area contributed by atoms with Crippen LogP contribution in [0.15, 0.2) is 36.4 Å². The second kappa shape index (κ2) is 5.87. The van der Waals surface area contributed by atoms with Gasteiger partial charge in [0.15, 0.2) is 11.6 Å². The Kier molecular flexibility index (Phi) is 4.16. The molecule has 0 atom stereocenters. The Balaban J connectivity index is 2.24. The predicted octanol–water partition coefficient (Wildman–Crippen LogP) is 2.96. The molecule has 3 nitrogen and oxygen atoms in total. The molecule has 0 radical (unpaired) electrons. The first-order chi connectivity index (χ1) is 9.90. The molecular formula is C15H13F3N2O. The summed E-state index contributed by atoms with van der Waals surface area (Å²) >= 11 is 0. The topological polar surface area (TPSA) is 46.3 Å². The summed E-state index contributed by atoms with van der Waals surface area (Å²) in [5, 5.41) is 0. The van der Waals surface area contributed by atoms with E-state index in [0.29, 0.717) is 5.56 Å². The minimum absolute atomic E-state index is 0.00998. The number of rotatable bonds is 3. The molecule has 2 rings (SSSR count). The zero-order chi connectivity index (χ0) is 15.6. The lowest BCUT2D eigenvalue weighted by molar-refractivity contribution is 0.0784. The Morgan fingerprint density at radius 1 is 1.10 bits per heavy atom. The first-order valence-electron chi connectivity index (χ1n) is 6.13. The number of anilines is 1. The van der Waals surface area contributed by atoms with Crippen LogP contribution in [0.2, 0.25) is 0 Å². The van der Waals surface area contributed by atoms with E-state index in [1.54, 1.807) is 6.07 Å². The minimum atomic E-state index is -1.16. The maximum Gasteiger partial charge on any atom is 0.256 e. The number of halogens is 3. The summed E-state index contributed by atoms with van der Waals surface area (Å²) in [6, 6.07) is 7.48. The second-order valence-corrected chi connectivity index (χ2v) is 4.61. The summed E-state index contributed by atoms with van der Waals surface area (Å²) < 4.78 is 39.7. The summed E-state index contributed by atoms with van der Waals surface area (Å²) in [6.07, 6.45) is 0. The third-order valence-corrected chi connectivity index (χ3v) is 3.03. The second-order valence-electron chi connectivity index (χ2n) is 4.61. The Morgan fingerprint density at radius 2 is 1.71 bits per heavy atom. The first-order valence-corrected chi connectivity index (χ1v) is 6.13. The van der Waals surface area contributed by atoms with Gasteiger partial charge in [0.2, 0.25) is 0 Å². The first kappa shape index (κ1) is 14.9. The molecular weight excluding hydrogens is 281 g/mol. The summed E-state index contributed by atoms with van der Waals surface area (Å²) in [6.45, 7) is -0.00998. The third-order valence-electron chi connectivity index (χ3n) is 3.03. The van der Waals surface area contributed by atoms with Crippen LogP contribution >= 0.6 is 0 Å². The van der Waals surface area contributed by atoms with Crippen molar-refractivity contribution in [2.24, 2.45) is 0 Å². The number of nitrogens with two attached hydrogens (primary N) is 1. The fourth-order valence-electron chi connectivity index (χ4n) is 1.91. The molecule has 2 aromatic carbocycles. The van der Waals surface area contributed by atoms with Gasteiger partial charge in [-0.1, -0.05) is 18.2 Å². The number of hydrogen-bond donors (Lipinski definition) is 1. The molecule has 0 bridgehead atoms. The number of carbonyl (C=O) groups is 1. The monoisotopic (exact) mass is 294 g/mol. The highest BCUT2D eigenvalue weighted by Gasteiger charge is 2.18. The van der Waals surface area contributed by atoms with Crippen molar-refractivity contribution in [3.05, 3.63) is 65.0 Å². The molecule has 0 aliphatic heterocycles. The molecule has 0 saturated carbocycles. The molecule has 0 fully saturated rings. The molecule has 2 aromatic rings. The molecule has 0 saturated heterocycles. The number of nitrogen functional groups attached to an aromatic ring is 1. The Labute approximate surface area is 119 Å². The van der Waals surface area contributed by atoms with E-state index in [9.17, 15) is 18.0 Å². The van der Waals surface area contributed by atoms with Crippen LogP contribution < -0.4 is 5.73 Å². The molecule has 0 aliphatic rings. The Hall–Kier alpha value is -2.50. The predicted molar refractivity (Wildman–Crippen MR) is 73.0 cm³/mol. The zero-order valence-corrected chi connectivity index (χ0v) is 11.2. The molecule has 2 N–H and O–H groups in total. The maximum atomic E-state index is 13.5. The molecule has 0 spiro atoms. The lowest BCUT2D eigenvalue weighted by atomic mass is 10.1. The number of amides is 1. The van der Waals surface area contributed by atoms with Gasteiger partial charge < -0.3 is 10.6 Å². The van der Waals surface area contributed by atoms with Crippen molar-refractivity contribution in [1.29, 1.82) is 0 Å². The van der Waals surface area contributed by atoms with Crippen LogP contribution in [0, 0.1) is 17.5 Å². The van der Waals surface area contributed by atoms with Gasteiger partial charge in [0.05, 0.1) is 5.56 Å². The fourth-order valence-corrected chi connectivity index (χ4v) is 1.91. The smallest absolute Gasteiger partial charge is 0.256 e. The van der Waals surface area contributed by atoms with Crippen LogP contribution in [0.4, 0.5) is 18.9 Å². The average molecular weight is 294 g/mol. The largest absolute Gasteiger partial charge is 0.398 e. The van der Waals surface area contributed by atoms with E-state index in [-0.39, 0.29) is 17.8 Å². The van der Waals surface area contributed by atoms with Gasteiger partial charge in [0.25, 0.3) is 5.91 Å². The van der Waals surface area contributed by atoms with Gasteiger partial charge in [0, 0.05) is 30.9 Å². The van der Waals surface area contributed by atoms with E-state index in [1.807, 2.05) is 0 Å². The molecule has 0 unspecified atom stereocenters. The summed E-state index contributed by atoms with van der Waals surface area (Å²) in [4.78, 5) is 13.4. The molecule has 110 valence electrons. The molecule has 6 heteroatoms. The van der Waals surface area contributed by atoms with Gasteiger partial charge in [-0.2, -0.15) is 0 Å². The lowest BCUT2D eigenvalue weighted by Crippen LogP contribution is -2.27. The molecule has 0 aromatic heterocycles. The zero-order valence-electron chi connectivity index (χ0n) is 11.2. The van der Waals surface area contributed by atoms with Gasteiger partial charge in [-0.05, 0) is 12.1 Å². The normalized spacial score (nSPS) is 10.5. The molecule has 0 aliphatic carbocycles. The number of nitrogens with zero attached hydrogens (tertiary/aromatic N) is 1. The average Bonchev–Trinajstić information content (AvgIpc) is 2.44. The molecule has 21 heavy (non-hydrogen) atoms. The lowest BCUT2D eigenvalue weighted by Gasteiger charge is -2.18. The Morgan fingerprint density at radius 3 is 2.38 bits per heavy atom. The van der Waals surface area contributed by atoms with Gasteiger partial charge in [-0.25, -0.2) is 13.2 Å².